The Kier molecular flexibility index (Phi) is 6.61. The number of hydrogen-bond acceptors (Lipinski definition) is 6. The third kappa shape index (κ3) is 5.20. The number of rotatable bonds is 6. The summed E-state index contributed by atoms with van der Waals surface area (Å²) in [6, 6.07) is 16.6. The molecule has 1 saturated heterocycles. The van der Waals surface area contributed by atoms with Gasteiger partial charge in [-0.1, -0.05) is 29.8 Å². The van der Waals surface area contributed by atoms with Crippen molar-refractivity contribution in [3.8, 4) is 5.75 Å². The second-order valence-electron chi connectivity index (χ2n) is 7.67. The van der Waals surface area contributed by atoms with Crippen molar-refractivity contribution < 1.29 is 24.0 Å². The number of anilines is 1. The van der Waals surface area contributed by atoms with Gasteiger partial charge in [0.25, 0.3) is 17.5 Å². The van der Waals surface area contributed by atoms with Crippen molar-refractivity contribution >= 4 is 46.9 Å². The molecule has 1 aliphatic rings. The lowest BCUT2D eigenvalue weighted by Crippen LogP contribution is -2.54. The molecule has 0 spiro atoms. The van der Waals surface area contributed by atoms with Crippen LogP contribution in [0.2, 0.25) is 5.02 Å². The predicted octanol–water partition coefficient (Wildman–Crippen LogP) is 4.80. The molecule has 3 aromatic carbocycles. The Bertz CT molecular complexity index is 1380. The standard InChI is InChI=1S/C25H18ClN3O6/c1-15-5-8-18(26)13-22(15)28-24(31)21(23(30)27-25(28)32)12-17-3-2-4-20(11-17)35-14-16-6-9-19(10-7-16)29(33)34/h2-13H,14H2,1H3,(H,27,30,32). The Balaban J connectivity index is 1.56. The van der Waals surface area contributed by atoms with Crippen molar-refractivity contribution in [3.63, 3.8) is 0 Å². The molecule has 0 unspecified atom stereocenters. The summed E-state index contributed by atoms with van der Waals surface area (Å²) in [5.41, 5.74) is 1.90. The highest BCUT2D eigenvalue weighted by atomic mass is 35.5. The van der Waals surface area contributed by atoms with Gasteiger partial charge in [-0.05, 0) is 66.1 Å². The van der Waals surface area contributed by atoms with Crippen molar-refractivity contribution in [2.24, 2.45) is 0 Å². The number of ether oxygens (including phenoxy) is 1. The van der Waals surface area contributed by atoms with Gasteiger partial charge in [-0.25, -0.2) is 9.69 Å². The zero-order chi connectivity index (χ0) is 25.1. The van der Waals surface area contributed by atoms with E-state index in [4.69, 9.17) is 16.3 Å². The van der Waals surface area contributed by atoms with E-state index in [1.54, 1.807) is 55.5 Å². The Hall–Kier alpha value is -4.50. The minimum absolute atomic E-state index is 0.0155. The smallest absolute Gasteiger partial charge is 0.335 e. The molecule has 1 fully saturated rings. The lowest BCUT2D eigenvalue weighted by Gasteiger charge is -2.27. The van der Waals surface area contributed by atoms with E-state index in [1.165, 1.54) is 24.3 Å². The van der Waals surface area contributed by atoms with Gasteiger partial charge < -0.3 is 4.74 Å². The van der Waals surface area contributed by atoms with E-state index in [9.17, 15) is 24.5 Å². The number of barbiturate groups is 1. The van der Waals surface area contributed by atoms with Crippen LogP contribution in [0.1, 0.15) is 16.7 Å². The molecule has 10 heteroatoms. The van der Waals surface area contributed by atoms with E-state index in [1.807, 2.05) is 0 Å². The zero-order valence-corrected chi connectivity index (χ0v) is 19.1. The maximum atomic E-state index is 13.1. The molecule has 3 aromatic rings. The van der Waals surface area contributed by atoms with Crippen LogP contribution in [0.4, 0.5) is 16.2 Å². The van der Waals surface area contributed by atoms with Gasteiger partial charge in [0.2, 0.25) is 0 Å². The van der Waals surface area contributed by atoms with Crippen LogP contribution in [-0.2, 0) is 16.2 Å². The summed E-state index contributed by atoms with van der Waals surface area (Å²) in [5.74, 6) is -1.13. The number of nitro groups is 1. The van der Waals surface area contributed by atoms with Crippen LogP contribution < -0.4 is 15.0 Å². The fourth-order valence-electron chi connectivity index (χ4n) is 3.44. The molecule has 0 radical (unpaired) electrons. The van der Waals surface area contributed by atoms with Crippen molar-refractivity contribution in [1.29, 1.82) is 0 Å². The van der Waals surface area contributed by atoms with Crippen LogP contribution in [0, 0.1) is 17.0 Å². The van der Waals surface area contributed by atoms with Gasteiger partial charge >= 0.3 is 6.03 Å². The van der Waals surface area contributed by atoms with E-state index in [-0.39, 0.29) is 23.6 Å². The number of urea groups is 1. The molecule has 1 heterocycles. The number of imide groups is 2. The number of hydrogen-bond donors (Lipinski definition) is 1. The summed E-state index contributed by atoms with van der Waals surface area (Å²) in [6.07, 6.45) is 1.37. The number of benzene rings is 3. The summed E-state index contributed by atoms with van der Waals surface area (Å²) in [5, 5.41) is 13.3. The first-order chi connectivity index (χ1) is 16.7. The van der Waals surface area contributed by atoms with Gasteiger partial charge in [0.1, 0.15) is 17.9 Å². The molecule has 1 aliphatic heterocycles. The van der Waals surface area contributed by atoms with Crippen molar-refractivity contribution in [1.82, 2.24) is 5.32 Å². The van der Waals surface area contributed by atoms with Crippen LogP contribution in [0.15, 0.2) is 72.3 Å². The first kappa shape index (κ1) is 23.7. The minimum Gasteiger partial charge on any atom is -0.489 e. The molecule has 35 heavy (non-hydrogen) atoms. The number of nitro benzene ring substituents is 1. The SMILES string of the molecule is Cc1ccc(Cl)cc1N1C(=O)NC(=O)C(=Cc2cccc(OCc3ccc([N+](=O)[O-])cc3)c2)C1=O. The number of non-ortho nitro benzene ring substituents is 1. The second kappa shape index (κ2) is 9.78. The molecule has 9 nitrogen and oxygen atoms in total. The Morgan fingerprint density at radius 3 is 2.51 bits per heavy atom. The molecule has 176 valence electrons. The molecule has 0 atom stereocenters. The van der Waals surface area contributed by atoms with Crippen molar-refractivity contribution in [3.05, 3.63) is 104 Å². The summed E-state index contributed by atoms with van der Waals surface area (Å²) >= 11 is 6.04. The fraction of sp³-hybridized carbons (Fsp3) is 0.0800. The zero-order valence-electron chi connectivity index (χ0n) is 18.4. The number of halogens is 1. The van der Waals surface area contributed by atoms with Crippen LogP contribution >= 0.6 is 11.6 Å². The maximum absolute atomic E-state index is 13.1. The highest BCUT2D eigenvalue weighted by Gasteiger charge is 2.37. The van der Waals surface area contributed by atoms with Gasteiger partial charge in [0.15, 0.2) is 0 Å². The quantitative estimate of drug-likeness (QED) is 0.229. The first-order valence-electron chi connectivity index (χ1n) is 10.4. The van der Waals surface area contributed by atoms with Crippen LogP contribution in [0.5, 0.6) is 5.75 Å². The van der Waals surface area contributed by atoms with E-state index in [0.717, 1.165) is 10.5 Å². The minimum atomic E-state index is -0.859. The first-order valence-corrected chi connectivity index (χ1v) is 10.7. The largest absolute Gasteiger partial charge is 0.489 e. The van der Waals surface area contributed by atoms with Gasteiger partial charge in [-0.2, -0.15) is 0 Å². The number of carbonyl (C=O) groups is 3. The van der Waals surface area contributed by atoms with Crippen molar-refractivity contribution in [2.45, 2.75) is 13.5 Å². The number of amides is 4. The third-order valence-corrected chi connectivity index (χ3v) is 5.47. The molecule has 0 saturated carbocycles. The number of carbonyl (C=O) groups excluding carboxylic acids is 3. The van der Waals surface area contributed by atoms with E-state index in [0.29, 0.717) is 21.9 Å². The van der Waals surface area contributed by atoms with E-state index in [2.05, 4.69) is 5.32 Å². The molecule has 0 bridgehead atoms. The topological polar surface area (TPSA) is 119 Å². The van der Waals surface area contributed by atoms with Crippen LogP contribution in [-0.4, -0.2) is 22.8 Å². The lowest BCUT2D eigenvalue weighted by molar-refractivity contribution is -0.384. The van der Waals surface area contributed by atoms with Gasteiger partial charge in [0.05, 0.1) is 10.6 Å². The molecule has 4 rings (SSSR count). The third-order valence-electron chi connectivity index (χ3n) is 5.24. The van der Waals surface area contributed by atoms with Gasteiger partial charge in [-0.15, -0.1) is 0 Å². The molecule has 4 amide bonds. The fourth-order valence-corrected chi connectivity index (χ4v) is 3.61. The molecular weight excluding hydrogens is 474 g/mol. The van der Waals surface area contributed by atoms with E-state index >= 15 is 0 Å². The number of nitrogens with zero attached hydrogens (tertiary/aromatic N) is 2. The summed E-state index contributed by atoms with van der Waals surface area (Å²) < 4.78 is 5.75. The maximum Gasteiger partial charge on any atom is 0.335 e. The second-order valence-corrected chi connectivity index (χ2v) is 8.11. The molecule has 1 N–H and O–H groups in total. The average Bonchev–Trinajstić information content (AvgIpc) is 2.83. The normalized spacial score (nSPS) is 14.7. The van der Waals surface area contributed by atoms with Crippen LogP contribution in [0.25, 0.3) is 6.08 Å². The van der Waals surface area contributed by atoms with Gasteiger partial charge in [-0.3, -0.25) is 25.0 Å². The van der Waals surface area contributed by atoms with E-state index < -0.39 is 22.8 Å². The summed E-state index contributed by atoms with van der Waals surface area (Å²) in [7, 11) is 0. The number of nitrogens with one attached hydrogen (secondary N) is 1. The highest BCUT2D eigenvalue weighted by molar-refractivity contribution is 6.39. The summed E-state index contributed by atoms with van der Waals surface area (Å²) in [6.45, 7) is 1.88. The van der Waals surface area contributed by atoms with Crippen LogP contribution in [0.3, 0.4) is 0 Å². The Morgan fingerprint density at radius 1 is 1.06 bits per heavy atom. The van der Waals surface area contributed by atoms with Crippen molar-refractivity contribution in [2.75, 3.05) is 4.90 Å². The Morgan fingerprint density at radius 2 is 1.80 bits per heavy atom. The van der Waals surface area contributed by atoms with Gasteiger partial charge in [0, 0.05) is 17.2 Å². The molecule has 0 aromatic heterocycles. The average molecular weight is 492 g/mol. The Labute approximate surface area is 204 Å². The monoisotopic (exact) mass is 491 g/mol. The summed E-state index contributed by atoms with van der Waals surface area (Å²) in [4.78, 5) is 49.2. The predicted molar refractivity (Wildman–Crippen MR) is 129 cm³/mol. The lowest BCUT2D eigenvalue weighted by atomic mass is 10.1. The molecule has 0 aliphatic carbocycles. The number of aryl methyl sites for hydroxylation is 1. The highest BCUT2D eigenvalue weighted by Crippen LogP contribution is 2.28. The molecular formula is C25H18ClN3O6.